The van der Waals surface area contributed by atoms with Crippen molar-refractivity contribution in [3.05, 3.63) is 58.7 Å². The van der Waals surface area contributed by atoms with Crippen molar-refractivity contribution < 1.29 is 50.1 Å². The van der Waals surface area contributed by atoms with Crippen LogP contribution in [0.25, 0.3) is 6.08 Å². The highest BCUT2D eigenvalue weighted by Crippen LogP contribution is 2.39. The molecule has 1 saturated heterocycles. The normalized spacial score (nSPS) is 17.2. The van der Waals surface area contributed by atoms with E-state index in [4.69, 9.17) is 14.2 Å². The van der Waals surface area contributed by atoms with Crippen LogP contribution in [0, 0.1) is 5.92 Å². The number of carbonyl (C=O) groups excluding carboxylic acids is 1. The molecule has 2 aliphatic rings. The number of benzene rings is 2. The van der Waals surface area contributed by atoms with Gasteiger partial charge >= 0.3 is 18.3 Å². The molecule has 2 aliphatic heterocycles. The first-order valence-corrected chi connectivity index (χ1v) is 13.2. The average Bonchev–Trinajstić information content (AvgIpc) is 2.92. The minimum Gasteiger partial charge on any atom is -0.489 e. The molecule has 1 atom stereocenters. The Hall–Kier alpha value is -3.41. The molecule has 41 heavy (non-hydrogen) atoms. The van der Waals surface area contributed by atoms with Gasteiger partial charge in [-0.2, -0.15) is 26.3 Å². The topological polar surface area (TPSA) is 57.2 Å². The molecule has 0 aromatic heterocycles. The second kappa shape index (κ2) is 12.6. The van der Waals surface area contributed by atoms with E-state index in [-0.39, 0.29) is 24.1 Å². The summed E-state index contributed by atoms with van der Waals surface area (Å²) in [5, 5.41) is 0. The summed E-state index contributed by atoms with van der Waals surface area (Å²) in [6.45, 7) is 5.20. The van der Waals surface area contributed by atoms with Crippen LogP contribution < -0.4 is 14.2 Å². The molecule has 6 nitrogen and oxygen atoms in total. The van der Waals surface area contributed by atoms with E-state index in [9.17, 15) is 31.1 Å². The highest BCUT2D eigenvalue weighted by atomic mass is 19.4. The molecule has 224 valence electrons. The number of halogens is 6. The second-order valence-electron chi connectivity index (χ2n) is 10.0. The second-order valence-corrected chi connectivity index (χ2v) is 10.0. The lowest BCUT2D eigenvalue weighted by atomic mass is 9.96. The number of carbonyl (C=O) groups is 1. The molecule has 12 heteroatoms. The maximum atomic E-state index is 13.5. The van der Waals surface area contributed by atoms with E-state index in [1.54, 1.807) is 25.1 Å². The molecule has 0 N–H and O–H groups in total. The van der Waals surface area contributed by atoms with Gasteiger partial charge in [0.15, 0.2) is 6.10 Å². The van der Waals surface area contributed by atoms with Gasteiger partial charge in [-0.3, -0.25) is 9.69 Å². The van der Waals surface area contributed by atoms with E-state index >= 15 is 0 Å². The Morgan fingerprint density at radius 1 is 1.07 bits per heavy atom. The van der Waals surface area contributed by atoms with Crippen molar-refractivity contribution in [2.45, 2.75) is 51.8 Å². The van der Waals surface area contributed by atoms with E-state index in [0.29, 0.717) is 38.2 Å². The number of rotatable bonds is 9. The Labute approximate surface area is 233 Å². The van der Waals surface area contributed by atoms with Crippen LogP contribution in [-0.2, 0) is 22.3 Å². The molecule has 0 spiro atoms. The summed E-state index contributed by atoms with van der Waals surface area (Å²) in [7, 11) is 0. The minimum absolute atomic E-state index is 0.0636. The average molecular weight is 588 g/mol. The molecule has 2 aromatic carbocycles. The summed E-state index contributed by atoms with van der Waals surface area (Å²) in [5.74, 6) is -0.179. The van der Waals surface area contributed by atoms with Crippen LogP contribution in [0.2, 0.25) is 0 Å². The molecule has 0 saturated carbocycles. The number of alkyl halides is 6. The Kier molecular flexibility index (Phi) is 9.41. The van der Waals surface area contributed by atoms with Crippen LogP contribution in [-0.4, -0.2) is 56.0 Å². The van der Waals surface area contributed by atoms with Gasteiger partial charge in [-0.05, 0) is 81.3 Å². The number of piperidine rings is 1. The Morgan fingerprint density at radius 2 is 1.80 bits per heavy atom. The Morgan fingerprint density at radius 3 is 2.46 bits per heavy atom. The van der Waals surface area contributed by atoms with E-state index < -0.39 is 29.8 Å². The van der Waals surface area contributed by atoms with Crippen molar-refractivity contribution in [1.29, 1.82) is 0 Å². The van der Waals surface area contributed by atoms with Crippen LogP contribution >= 0.6 is 0 Å². The van der Waals surface area contributed by atoms with Crippen LogP contribution in [0.15, 0.2) is 42.0 Å². The SMILES string of the molecule is CCOC(=O)C1CCN(CC2=Cc3ccc(OCc4ccc(O[C@@H](C)C(F)(F)F)c(C(F)(F)F)c4)cc3OC2)CC1. The van der Waals surface area contributed by atoms with Gasteiger partial charge in [0, 0.05) is 18.2 Å². The third-order valence-electron chi connectivity index (χ3n) is 6.91. The fraction of sp³-hybridized carbons (Fsp3) is 0.483. The standard InChI is InChI=1S/C29H31F6NO5/c1-3-38-27(37)21-8-10-36(11-9-21)15-20-12-22-5-6-23(14-26(22)40-17-20)39-16-19-4-7-25(24(13-19)29(33,34)35)41-18(2)28(30,31)32/h4-7,12-14,18,21H,3,8-11,15-17H2,1-2H3/t18-/m0/s1. The number of likely N-dealkylation sites (tertiary alicyclic amines) is 1. The molecule has 0 amide bonds. The molecule has 1 fully saturated rings. The zero-order valence-corrected chi connectivity index (χ0v) is 22.6. The lowest BCUT2D eigenvalue weighted by molar-refractivity contribution is -0.191. The van der Waals surface area contributed by atoms with Crippen LogP contribution in [0.5, 0.6) is 17.2 Å². The van der Waals surface area contributed by atoms with Gasteiger partial charge in [0.2, 0.25) is 0 Å². The lowest BCUT2D eigenvalue weighted by Gasteiger charge is -2.32. The fourth-order valence-electron chi connectivity index (χ4n) is 4.66. The van der Waals surface area contributed by atoms with Gasteiger partial charge in [0.25, 0.3) is 0 Å². The predicted molar refractivity (Wildman–Crippen MR) is 138 cm³/mol. The lowest BCUT2D eigenvalue weighted by Crippen LogP contribution is -2.38. The summed E-state index contributed by atoms with van der Waals surface area (Å²) in [5.41, 5.74) is 0.699. The number of hydrogen-bond acceptors (Lipinski definition) is 6. The fourth-order valence-corrected chi connectivity index (χ4v) is 4.66. The van der Waals surface area contributed by atoms with Crippen molar-refractivity contribution in [2.75, 3.05) is 32.8 Å². The van der Waals surface area contributed by atoms with Gasteiger partial charge in [-0.15, -0.1) is 0 Å². The first kappa shape index (κ1) is 30.5. The maximum Gasteiger partial charge on any atom is 0.425 e. The number of ether oxygens (including phenoxy) is 4. The number of nitrogens with zero attached hydrogens (tertiary/aromatic N) is 1. The molecule has 2 heterocycles. The smallest absolute Gasteiger partial charge is 0.425 e. The molecule has 2 aromatic rings. The van der Waals surface area contributed by atoms with Gasteiger partial charge in [0.05, 0.1) is 18.1 Å². The van der Waals surface area contributed by atoms with Crippen molar-refractivity contribution >= 4 is 12.0 Å². The van der Waals surface area contributed by atoms with Crippen LogP contribution in [0.4, 0.5) is 26.3 Å². The van der Waals surface area contributed by atoms with E-state index in [1.165, 1.54) is 6.07 Å². The monoisotopic (exact) mass is 587 g/mol. The first-order valence-electron chi connectivity index (χ1n) is 13.2. The zero-order chi connectivity index (χ0) is 29.8. The van der Waals surface area contributed by atoms with Crippen LogP contribution in [0.3, 0.4) is 0 Å². The summed E-state index contributed by atoms with van der Waals surface area (Å²) in [4.78, 5) is 14.2. The zero-order valence-electron chi connectivity index (χ0n) is 22.6. The quantitative estimate of drug-likeness (QED) is 0.242. The molecule has 0 radical (unpaired) electrons. The Balaban J connectivity index is 1.36. The number of fused-ring (bicyclic) bond motifs is 1. The van der Waals surface area contributed by atoms with Gasteiger partial charge in [0.1, 0.15) is 30.5 Å². The summed E-state index contributed by atoms with van der Waals surface area (Å²) < 4.78 is 100. The van der Waals surface area contributed by atoms with Crippen molar-refractivity contribution in [2.24, 2.45) is 5.92 Å². The molecule has 0 bridgehead atoms. The Bertz CT molecular complexity index is 1250. The van der Waals surface area contributed by atoms with E-state index in [0.717, 1.165) is 49.2 Å². The largest absolute Gasteiger partial charge is 0.489 e. The summed E-state index contributed by atoms with van der Waals surface area (Å²) >= 11 is 0. The molecule has 0 aliphatic carbocycles. The molecular formula is C29H31F6NO5. The highest BCUT2D eigenvalue weighted by Gasteiger charge is 2.41. The third kappa shape index (κ3) is 8.08. The summed E-state index contributed by atoms with van der Waals surface area (Å²) in [6.07, 6.45) is -8.61. The minimum atomic E-state index is -4.92. The van der Waals surface area contributed by atoms with Gasteiger partial charge in [-0.25, -0.2) is 0 Å². The van der Waals surface area contributed by atoms with E-state index in [2.05, 4.69) is 9.64 Å². The summed E-state index contributed by atoms with van der Waals surface area (Å²) in [6, 6.07) is 7.91. The number of esters is 1. The van der Waals surface area contributed by atoms with Crippen molar-refractivity contribution in [3.63, 3.8) is 0 Å². The van der Waals surface area contributed by atoms with Crippen molar-refractivity contribution in [1.82, 2.24) is 4.90 Å². The van der Waals surface area contributed by atoms with Gasteiger partial charge in [-0.1, -0.05) is 6.07 Å². The van der Waals surface area contributed by atoms with E-state index in [1.807, 2.05) is 6.08 Å². The number of hydrogen-bond donors (Lipinski definition) is 0. The maximum absolute atomic E-state index is 13.5. The third-order valence-corrected chi connectivity index (χ3v) is 6.91. The highest BCUT2D eigenvalue weighted by molar-refractivity contribution is 5.72. The first-order chi connectivity index (χ1) is 19.3. The molecule has 4 rings (SSSR count). The molecule has 0 unspecified atom stereocenters. The molecular weight excluding hydrogens is 556 g/mol. The van der Waals surface area contributed by atoms with Gasteiger partial charge < -0.3 is 18.9 Å². The van der Waals surface area contributed by atoms with Crippen molar-refractivity contribution in [3.8, 4) is 17.2 Å². The van der Waals surface area contributed by atoms with Crippen LogP contribution in [0.1, 0.15) is 43.4 Å². The predicted octanol–water partition coefficient (Wildman–Crippen LogP) is 6.66.